The van der Waals surface area contributed by atoms with Crippen LogP contribution >= 0.6 is 0 Å². The van der Waals surface area contributed by atoms with Crippen molar-refractivity contribution in [2.45, 2.75) is 65.8 Å². The Hall–Kier alpha value is -4.30. The van der Waals surface area contributed by atoms with Crippen LogP contribution in [0.15, 0.2) is 48.7 Å². The lowest BCUT2D eigenvalue weighted by Gasteiger charge is -2.13. The van der Waals surface area contributed by atoms with E-state index in [1.54, 1.807) is 29.9 Å². The number of fused-ring (bicyclic) bond motifs is 1. The van der Waals surface area contributed by atoms with E-state index >= 15 is 0 Å². The van der Waals surface area contributed by atoms with Gasteiger partial charge in [0.25, 0.3) is 0 Å². The molecule has 0 radical (unpaired) electrons. The zero-order valence-electron chi connectivity index (χ0n) is 24.6. The van der Waals surface area contributed by atoms with Gasteiger partial charge in [-0.25, -0.2) is 9.50 Å². The first kappa shape index (κ1) is 30.7. The number of unbranched alkanes of at least 4 members (excludes halogenated alkanes) is 5. The van der Waals surface area contributed by atoms with Crippen LogP contribution in [0.1, 0.15) is 69.1 Å². The number of aromatic amines is 1. The van der Waals surface area contributed by atoms with Gasteiger partial charge in [0.1, 0.15) is 11.6 Å². The summed E-state index contributed by atoms with van der Waals surface area (Å²) in [5.74, 6) is 1.42. The quantitative estimate of drug-likeness (QED) is 0.157. The van der Waals surface area contributed by atoms with E-state index < -0.39 is 11.3 Å². The van der Waals surface area contributed by atoms with Crippen LogP contribution < -0.4 is 13.6 Å². The summed E-state index contributed by atoms with van der Waals surface area (Å²) in [4.78, 5) is 17.8. The number of aromatic nitrogens is 3. The lowest BCUT2D eigenvalue weighted by Crippen LogP contribution is -2.23. The third kappa shape index (κ3) is 7.91. The molecule has 10 nitrogen and oxygen atoms in total. The molecule has 1 atom stereocenters. The molecule has 2 heterocycles. The van der Waals surface area contributed by atoms with Crippen LogP contribution in [0, 0.1) is 18.3 Å². The van der Waals surface area contributed by atoms with Crippen molar-refractivity contribution in [3.05, 3.63) is 65.4 Å². The van der Waals surface area contributed by atoms with Crippen molar-refractivity contribution in [2.24, 2.45) is 0 Å². The SMILES string of the molecule is CCCCCCCCOc1ccc(C)cc1OS(=O)Nc1cccc(-c2nc3c(C#N)c(CN(C)C(C)=O)cn3[nH]2)c1. The van der Waals surface area contributed by atoms with Crippen LogP contribution in [0.5, 0.6) is 11.5 Å². The smallest absolute Gasteiger partial charge is 0.316 e. The van der Waals surface area contributed by atoms with Crippen LogP contribution in [0.25, 0.3) is 17.0 Å². The largest absolute Gasteiger partial charge is 0.490 e. The van der Waals surface area contributed by atoms with Crippen LogP contribution in [0.2, 0.25) is 0 Å². The third-order valence-electron chi connectivity index (χ3n) is 6.92. The van der Waals surface area contributed by atoms with Crippen molar-refractivity contribution in [1.82, 2.24) is 19.5 Å². The van der Waals surface area contributed by atoms with Gasteiger partial charge >= 0.3 is 11.3 Å². The number of nitriles is 1. The second-order valence-electron chi connectivity index (χ2n) is 10.3. The number of hydrogen-bond acceptors (Lipinski definition) is 6. The molecule has 1 unspecified atom stereocenters. The van der Waals surface area contributed by atoms with E-state index in [4.69, 9.17) is 8.92 Å². The van der Waals surface area contributed by atoms with E-state index in [2.05, 4.69) is 27.8 Å². The van der Waals surface area contributed by atoms with Crippen molar-refractivity contribution in [3.8, 4) is 29.0 Å². The molecule has 4 rings (SSSR count). The topological polar surface area (TPSA) is 125 Å². The lowest BCUT2D eigenvalue weighted by molar-refractivity contribution is -0.128. The molecule has 2 aromatic carbocycles. The summed E-state index contributed by atoms with van der Waals surface area (Å²) >= 11 is -1.88. The van der Waals surface area contributed by atoms with Gasteiger partial charge in [0.15, 0.2) is 23.0 Å². The highest BCUT2D eigenvalue weighted by Gasteiger charge is 2.18. The van der Waals surface area contributed by atoms with Gasteiger partial charge in [0.05, 0.1) is 12.3 Å². The van der Waals surface area contributed by atoms with E-state index in [9.17, 15) is 14.3 Å². The number of H-pyrrole nitrogens is 1. The van der Waals surface area contributed by atoms with Gasteiger partial charge in [-0.2, -0.15) is 9.47 Å². The van der Waals surface area contributed by atoms with Gasteiger partial charge < -0.3 is 13.8 Å². The average molecular weight is 591 g/mol. The molecule has 0 saturated heterocycles. The number of aryl methyl sites for hydroxylation is 1. The number of carbonyl (C=O) groups excluding carboxylic acids is 1. The maximum atomic E-state index is 13.0. The summed E-state index contributed by atoms with van der Waals surface area (Å²) in [7, 11) is 1.68. The molecule has 2 aromatic heterocycles. The molecular formula is C31H38N6O4S. The molecule has 0 aliphatic rings. The molecule has 0 spiro atoms. The number of nitrogens with one attached hydrogen (secondary N) is 2. The second-order valence-corrected chi connectivity index (χ2v) is 11.2. The highest BCUT2D eigenvalue weighted by atomic mass is 32.2. The lowest BCUT2D eigenvalue weighted by atomic mass is 10.1. The first-order chi connectivity index (χ1) is 20.3. The van der Waals surface area contributed by atoms with Crippen LogP contribution in [0.4, 0.5) is 5.69 Å². The molecule has 0 fully saturated rings. The van der Waals surface area contributed by atoms with Gasteiger partial charge in [-0.1, -0.05) is 57.2 Å². The zero-order chi connectivity index (χ0) is 30.1. The van der Waals surface area contributed by atoms with Gasteiger partial charge in [-0.05, 0) is 43.2 Å². The maximum Gasteiger partial charge on any atom is 0.316 e. The van der Waals surface area contributed by atoms with E-state index in [-0.39, 0.29) is 5.91 Å². The van der Waals surface area contributed by atoms with Crippen molar-refractivity contribution < 1.29 is 17.9 Å². The Bertz CT molecular complexity index is 1590. The predicted octanol–water partition coefficient (Wildman–Crippen LogP) is 6.30. The highest BCUT2D eigenvalue weighted by Crippen LogP contribution is 2.30. The van der Waals surface area contributed by atoms with Crippen molar-refractivity contribution in [2.75, 3.05) is 18.4 Å². The van der Waals surface area contributed by atoms with Crippen molar-refractivity contribution >= 4 is 28.5 Å². The Morgan fingerprint density at radius 3 is 2.69 bits per heavy atom. The predicted molar refractivity (Wildman–Crippen MR) is 164 cm³/mol. The number of nitrogens with zero attached hydrogens (tertiary/aromatic N) is 4. The van der Waals surface area contributed by atoms with E-state index in [1.165, 1.54) is 37.5 Å². The number of rotatable bonds is 15. The summed E-state index contributed by atoms with van der Waals surface area (Å²) in [6, 6.07) is 15.0. The van der Waals surface area contributed by atoms with Gasteiger partial charge in [-0.3, -0.25) is 14.6 Å². The molecule has 11 heteroatoms. The van der Waals surface area contributed by atoms with Crippen molar-refractivity contribution in [1.29, 1.82) is 5.26 Å². The maximum absolute atomic E-state index is 13.0. The monoisotopic (exact) mass is 590 g/mol. The number of carbonyl (C=O) groups is 1. The van der Waals surface area contributed by atoms with E-state index in [1.807, 2.05) is 37.3 Å². The molecule has 42 heavy (non-hydrogen) atoms. The summed E-state index contributed by atoms with van der Waals surface area (Å²) in [5.41, 5.74) is 3.84. The summed E-state index contributed by atoms with van der Waals surface area (Å²) in [5, 5.41) is 12.9. The average Bonchev–Trinajstić information content (AvgIpc) is 3.51. The normalized spacial score (nSPS) is 11.7. The first-order valence-electron chi connectivity index (χ1n) is 14.2. The number of anilines is 1. The number of amides is 1. The number of ether oxygens (including phenoxy) is 1. The highest BCUT2D eigenvalue weighted by molar-refractivity contribution is 7.82. The fraction of sp³-hybridized carbons (Fsp3) is 0.387. The van der Waals surface area contributed by atoms with Crippen LogP contribution in [-0.2, 0) is 22.6 Å². The Morgan fingerprint density at radius 2 is 1.93 bits per heavy atom. The van der Waals surface area contributed by atoms with Gasteiger partial charge in [0.2, 0.25) is 5.91 Å². The van der Waals surface area contributed by atoms with Gasteiger partial charge in [0, 0.05) is 37.8 Å². The summed E-state index contributed by atoms with van der Waals surface area (Å²) < 4.78 is 29.2. The molecule has 2 N–H and O–H groups in total. The minimum absolute atomic E-state index is 0.0904. The second kappa shape index (κ2) is 14.5. The summed E-state index contributed by atoms with van der Waals surface area (Å²) in [6.07, 6.45) is 8.79. The molecule has 1 amide bonds. The zero-order valence-corrected chi connectivity index (χ0v) is 25.4. The van der Waals surface area contributed by atoms with Crippen molar-refractivity contribution in [3.63, 3.8) is 0 Å². The molecule has 222 valence electrons. The first-order valence-corrected chi connectivity index (χ1v) is 15.3. The Balaban J connectivity index is 1.41. The Labute approximate surface area is 249 Å². The minimum Gasteiger partial charge on any atom is -0.490 e. The van der Waals surface area contributed by atoms with E-state index in [0.717, 1.165) is 24.0 Å². The number of hydrogen-bond donors (Lipinski definition) is 2. The fourth-order valence-corrected chi connectivity index (χ4v) is 5.17. The Kier molecular flexibility index (Phi) is 10.6. The molecular weight excluding hydrogens is 552 g/mol. The Morgan fingerprint density at radius 1 is 1.14 bits per heavy atom. The molecule has 0 bridgehead atoms. The standard InChI is InChI=1S/C31H38N6O4S/c1-5-6-7-8-9-10-16-40-28-15-14-22(2)17-29(28)41-42(39)35-26-13-11-12-24(18-26)30-33-31-27(19-32)25(21-37(31)34-30)20-36(4)23(3)38/h11-15,17-18,21,35H,5-10,16,20H2,1-4H3,(H,33,34). The summed E-state index contributed by atoms with van der Waals surface area (Å²) in [6.45, 7) is 6.51. The molecule has 0 saturated carbocycles. The molecule has 4 aromatic rings. The van der Waals surface area contributed by atoms with Gasteiger partial charge in [-0.15, -0.1) is 0 Å². The fourth-order valence-electron chi connectivity index (χ4n) is 4.52. The van der Waals surface area contributed by atoms with Crippen LogP contribution in [-0.4, -0.2) is 43.3 Å². The molecule has 0 aliphatic heterocycles. The van der Waals surface area contributed by atoms with E-state index in [0.29, 0.717) is 52.9 Å². The molecule has 0 aliphatic carbocycles. The minimum atomic E-state index is -1.88. The van der Waals surface area contributed by atoms with Crippen LogP contribution in [0.3, 0.4) is 0 Å². The third-order valence-corrected chi connectivity index (χ3v) is 7.65. The number of benzene rings is 2.